The molecule has 0 saturated carbocycles. The van der Waals surface area contributed by atoms with E-state index in [1.165, 1.54) is 4.68 Å². The molecule has 0 atom stereocenters. The highest BCUT2D eigenvalue weighted by Gasteiger charge is 2.14. The lowest BCUT2D eigenvalue weighted by atomic mass is 10.1. The summed E-state index contributed by atoms with van der Waals surface area (Å²) in [5.41, 5.74) is 1.46. The first kappa shape index (κ1) is 11.3. The standard InChI is InChI=1S/C11H13N5O/c1-12-9-6-4-3-5-8(9)10(17)7-11-13-14-15-16(11)2/h3-6,12H,7H2,1-2H3. The Morgan fingerprint density at radius 2 is 2.18 bits per heavy atom. The Bertz CT molecular complexity index is 534. The highest BCUT2D eigenvalue weighted by atomic mass is 16.1. The predicted molar refractivity (Wildman–Crippen MR) is 62.8 cm³/mol. The number of hydrogen-bond acceptors (Lipinski definition) is 5. The molecule has 0 unspecified atom stereocenters. The summed E-state index contributed by atoms with van der Waals surface area (Å²) in [5, 5.41) is 14.0. The van der Waals surface area contributed by atoms with E-state index in [-0.39, 0.29) is 12.2 Å². The Labute approximate surface area is 98.6 Å². The van der Waals surface area contributed by atoms with Crippen molar-refractivity contribution in [2.45, 2.75) is 6.42 Å². The van der Waals surface area contributed by atoms with Crippen LogP contribution in [0.5, 0.6) is 0 Å². The number of ketones is 1. The van der Waals surface area contributed by atoms with Crippen LogP contribution in [0.1, 0.15) is 16.2 Å². The zero-order valence-corrected chi connectivity index (χ0v) is 9.71. The first-order valence-corrected chi connectivity index (χ1v) is 5.23. The van der Waals surface area contributed by atoms with Gasteiger partial charge in [0.05, 0.1) is 6.42 Å². The number of hydrogen-bond donors (Lipinski definition) is 1. The van der Waals surface area contributed by atoms with Crippen molar-refractivity contribution >= 4 is 11.5 Å². The zero-order chi connectivity index (χ0) is 12.3. The van der Waals surface area contributed by atoms with Crippen LogP contribution in [0.25, 0.3) is 0 Å². The van der Waals surface area contributed by atoms with Crippen molar-refractivity contribution in [3.63, 3.8) is 0 Å². The van der Waals surface area contributed by atoms with Crippen LogP contribution in [0.3, 0.4) is 0 Å². The number of nitrogens with one attached hydrogen (secondary N) is 1. The van der Waals surface area contributed by atoms with Crippen LogP contribution >= 0.6 is 0 Å². The van der Waals surface area contributed by atoms with Crippen LogP contribution in [-0.4, -0.2) is 33.0 Å². The molecule has 0 bridgehead atoms. The summed E-state index contributed by atoms with van der Waals surface area (Å²) >= 11 is 0. The second-order valence-corrected chi connectivity index (χ2v) is 3.61. The maximum Gasteiger partial charge on any atom is 0.172 e. The van der Waals surface area contributed by atoms with Gasteiger partial charge in [-0.05, 0) is 22.6 Å². The summed E-state index contributed by atoms with van der Waals surface area (Å²) in [6.07, 6.45) is 0.197. The summed E-state index contributed by atoms with van der Waals surface area (Å²) in [7, 11) is 3.50. The number of aromatic nitrogens is 4. The van der Waals surface area contributed by atoms with Crippen LogP contribution in [0.4, 0.5) is 5.69 Å². The van der Waals surface area contributed by atoms with Crippen molar-refractivity contribution in [3.8, 4) is 0 Å². The Morgan fingerprint density at radius 3 is 2.82 bits per heavy atom. The van der Waals surface area contributed by atoms with Crippen LogP contribution in [0, 0.1) is 0 Å². The van der Waals surface area contributed by atoms with E-state index >= 15 is 0 Å². The van der Waals surface area contributed by atoms with Gasteiger partial charge in [0.1, 0.15) is 0 Å². The molecule has 0 aliphatic heterocycles. The van der Waals surface area contributed by atoms with Crippen LogP contribution < -0.4 is 5.32 Å². The van der Waals surface area contributed by atoms with Crippen molar-refractivity contribution in [3.05, 3.63) is 35.7 Å². The minimum atomic E-state index is -0.00662. The Morgan fingerprint density at radius 1 is 1.41 bits per heavy atom. The molecule has 0 amide bonds. The number of rotatable bonds is 4. The molecule has 0 spiro atoms. The van der Waals surface area contributed by atoms with E-state index in [0.717, 1.165) is 5.69 Å². The minimum absolute atomic E-state index is 0.00662. The molecule has 1 heterocycles. The molecular weight excluding hydrogens is 218 g/mol. The number of nitrogens with zero attached hydrogens (tertiary/aromatic N) is 4. The molecule has 1 N–H and O–H groups in total. The smallest absolute Gasteiger partial charge is 0.172 e. The minimum Gasteiger partial charge on any atom is -0.388 e. The van der Waals surface area contributed by atoms with Gasteiger partial charge in [-0.1, -0.05) is 12.1 Å². The van der Waals surface area contributed by atoms with Crippen molar-refractivity contribution in [1.29, 1.82) is 0 Å². The zero-order valence-electron chi connectivity index (χ0n) is 9.71. The van der Waals surface area contributed by atoms with Gasteiger partial charge in [0.25, 0.3) is 0 Å². The number of Topliss-reactive ketones (excluding diaryl/α,β-unsaturated/α-hetero) is 1. The lowest BCUT2D eigenvalue weighted by Crippen LogP contribution is -2.10. The number of aryl methyl sites for hydroxylation is 1. The number of benzene rings is 1. The summed E-state index contributed by atoms with van der Waals surface area (Å²) in [4.78, 5) is 12.1. The monoisotopic (exact) mass is 231 g/mol. The Kier molecular flexibility index (Phi) is 3.13. The Hall–Kier alpha value is -2.24. The van der Waals surface area contributed by atoms with E-state index in [0.29, 0.717) is 11.4 Å². The fraction of sp³-hybridized carbons (Fsp3) is 0.273. The molecule has 0 fully saturated rings. The van der Waals surface area contributed by atoms with Gasteiger partial charge in [-0.15, -0.1) is 5.10 Å². The highest BCUT2D eigenvalue weighted by molar-refractivity contribution is 6.01. The third-order valence-corrected chi connectivity index (χ3v) is 2.52. The van der Waals surface area contributed by atoms with E-state index in [9.17, 15) is 4.79 Å². The lowest BCUT2D eigenvalue weighted by molar-refractivity contribution is 0.0990. The van der Waals surface area contributed by atoms with Crippen molar-refractivity contribution in [2.75, 3.05) is 12.4 Å². The van der Waals surface area contributed by atoms with Gasteiger partial charge in [0, 0.05) is 25.3 Å². The van der Waals surface area contributed by atoms with Gasteiger partial charge in [0.2, 0.25) is 0 Å². The molecule has 88 valence electrons. The fourth-order valence-corrected chi connectivity index (χ4v) is 1.58. The normalized spacial score (nSPS) is 10.2. The predicted octanol–water partition coefficient (Wildman–Crippen LogP) is 0.677. The molecule has 2 aromatic rings. The first-order valence-electron chi connectivity index (χ1n) is 5.23. The van der Waals surface area contributed by atoms with Gasteiger partial charge in [-0.2, -0.15) is 0 Å². The topological polar surface area (TPSA) is 72.7 Å². The molecule has 0 aliphatic carbocycles. The average Bonchev–Trinajstić information content (AvgIpc) is 2.75. The molecule has 1 aromatic carbocycles. The number of tetrazole rings is 1. The fourth-order valence-electron chi connectivity index (χ4n) is 1.58. The number of carbonyl (C=O) groups excluding carboxylic acids is 1. The van der Waals surface area contributed by atoms with Gasteiger partial charge in [0.15, 0.2) is 11.6 Å². The maximum atomic E-state index is 12.1. The largest absolute Gasteiger partial charge is 0.388 e. The quantitative estimate of drug-likeness (QED) is 0.783. The van der Waals surface area contributed by atoms with Gasteiger partial charge in [-0.3, -0.25) is 4.79 Å². The number of anilines is 1. The van der Waals surface area contributed by atoms with E-state index < -0.39 is 0 Å². The molecule has 6 heteroatoms. The summed E-state index contributed by atoms with van der Waals surface area (Å²) in [5.74, 6) is 0.550. The van der Waals surface area contributed by atoms with Crippen LogP contribution in [-0.2, 0) is 13.5 Å². The van der Waals surface area contributed by atoms with E-state index in [1.54, 1.807) is 20.2 Å². The maximum absolute atomic E-state index is 12.1. The summed E-state index contributed by atoms with van der Waals surface area (Å²) in [6, 6.07) is 7.37. The number of carbonyl (C=O) groups is 1. The highest BCUT2D eigenvalue weighted by Crippen LogP contribution is 2.16. The van der Waals surface area contributed by atoms with Gasteiger partial charge >= 0.3 is 0 Å². The van der Waals surface area contributed by atoms with Crippen molar-refractivity contribution in [1.82, 2.24) is 20.2 Å². The lowest BCUT2D eigenvalue weighted by Gasteiger charge is -2.06. The molecule has 0 saturated heterocycles. The van der Waals surface area contributed by atoms with Crippen LogP contribution in [0.15, 0.2) is 24.3 Å². The van der Waals surface area contributed by atoms with E-state index in [4.69, 9.17) is 0 Å². The molecule has 0 aliphatic rings. The molecule has 17 heavy (non-hydrogen) atoms. The van der Waals surface area contributed by atoms with Crippen molar-refractivity contribution in [2.24, 2.45) is 7.05 Å². The average molecular weight is 231 g/mol. The molecule has 2 rings (SSSR count). The molecule has 0 radical (unpaired) electrons. The summed E-state index contributed by atoms with van der Waals surface area (Å²) < 4.78 is 1.50. The summed E-state index contributed by atoms with van der Waals surface area (Å²) in [6.45, 7) is 0. The molecule has 6 nitrogen and oxygen atoms in total. The molecular formula is C11H13N5O. The number of para-hydroxylation sites is 1. The molecule has 1 aromatic heterocycles. The van der Waals surface area contributed by atoms with Gasteiger partial charge in [-0.25, -0.2) is 4.68 Å². The van der Waals surface area contributed by atoms with E-state index in [2.05, 4.69) is 20.8 Å². The van der Waals surface area contributed by atoms with Gasteiger partial charge < -0.3 is 5.32 Å². The third-order valence-electron chi connectivity index (χ3n) is 2.52. The first-order chi connectivity index (χ1) is 8.22. The third kappa shape index (κ3) is 2.30. The Balaban J connectivity index is 2.23. The SMILES string of the molecule is CNc1ccccc1C(=O)Cc1nnnn1C. The second kappa shape index (κ2) is 4.73. The van der Waals surface area contributed by atoms with E-state index in [1.807, 2.05) is 18.2 Å². The van der Waals surface area contributed by atoms with Crippen LogP contribution in [0.2, 0.25) is 0 Å². The van der Waals surface area contributed by atoms with Crippen molar-refractivity contribution < 1.29 is 4.79 Å². The second-order valence-electron chi connectivity index (χ2n) is 3.61.